The first kappa shape index (κ1) is 19.9. The van der Waals surface area contributed by atoms with Gasteiger partial charge in [-0.15, -0.1) is 0 Å². The topological polar surface area (TPSA) is 57.2 Å². The van der Waals surface area contributed by atoms with Gasteiger partial charge in [-0.05, 0) is 37.0 Å². The van der Waals surface area contributed by atoms with Crippen LogP contribution in [0.5, 0.6) is 5.75 Å². The highest BCUT2D eigenvalue weighted by molar-refractivity contribution is 5.27. The van der Waals surface area contributed by atoms with E-state index >= 15 is 0 Å². The first-order chi connectivity index (χ1) is 11.3. The first-order valence-electron chi connectivity index (χ1n) is 8.42. The number of rotatable bonds is 15. The molecule has 0 fully saturated rings. The third kappa shape index (κ3) is 12.0. The number of aryl methyl sites for hydroxylation is 1. The summed E-state index contributed by atoms with van der Waals surface area (Å²) < 4.78 is 21.6. The van der Waals surface area contributed by atoms with Crippen LogP contribution in [-0.4, -0.2) is 58.0 Å². The van der Waals surface area contributed by atoms with Gasteiger partial charge in [0.05, 0.1) is 39.6 Å². The van der Waals surface area contributed by atoms with Crippen molar-refractivity contribution in [1.82, 2.24) is 0 Å². The lowest BCUT2D eigenvalue weighted by atomic mass is 10.1. The van der Waals surface area contributed by atoms with E-state index < -0.39 is 0 Å². The Morgan fingerprint density at radius 2 is 1.35 bits per heavy atom. The highest BCUT2D eigenvalue weighted by atomic mass is 16.6. The van der Waals surface area contributed by atoms with Gasteiger partial charge in [0, 0.05) is 13.2 Å². The Kier molecular flexibility index (Phi) is 12.5. The molecule has 0 saturated carbocycles. The monoisotopic (exact) mass is 326 g/mol. The summed E-state index contributed by atoms with van der Waals surface area (Å²) in [6.07, 6.45) is 2.88. The molecule has 0 unspecified atom stereocenters. The Morgan fingerprint density at radius 1 is 0.783 bits per heavy atom. The minimum absolute atomic E-state index is 0.316. The Balaban J connectivity index is 1.78. The van der Waals surface area contributed by atoms with Crippen LogP contribution in [0.4, 0.5) is 0 Å². The predicted molar refractivity (Wildman–Crippen MR) is 90.0 cm³/mol. The summed E-state index contributed by atoms with van der Waals surface area (Å²) in [5, 5.41) is 9.36. The second-order valence-electron chi connectivity index (χ2n) is 5.22. The molecule has 0 aromatic heterocycles. The van der Waals surface area contributed by atoms with E-state index in [2.05, 4.69) is 6.92 Å². The van der Waals surface area contributed by atoms with Crippen molar-refractivity contribution in [3.63, 3.8) is 0 Å². The van der Waals surface area contributed by atoms with Crippen molar-refractivity contribution < 1.29 is 24.1 Å². The molecule has 1 aromatic carbocycles. The molecule has 0 amide bonds. The number of aromatic hydroxyl groups is 1. The maximum absolute atomic E-state index is 9.36. The van der Waals surface area contributed by atoms with Gasteiger partial charge in [-0.2, -0.15) is 0 Å². The largest absolute Gasteiger partial charge is 0.508 e. The number of phenolic OH excluding ortho intramolecular Hbond substituents is 1. The SMILES string of the molecule is CCCOCCOCCOCCOCCCc1cccc(O)c1. The summed E-state index contributed by atoms with van der Waals surface area (Å²) in [7, 11) is 0. The molecule has 0 heterocycles. The molecule has 0 aliphatic heterocycles. The molecular weight excluding hydrogens is 296 g/mol. The number of hydrogen-bond donors (Lipinski definition) is 1. The van der Waals surface area contributed by atoms with E-state index in [1.165, 1.54) is 0 Å². The molecule has 5 nitrogen and oxygen atoms in total. The van der Waals surface area contributed by atoms with Gasteiger partial charge < -0.3 is 24.1 Å². The van der Waals surface area contributed by atoms with Crippen LogP contribution in [0, 0.1) is 0 Å². The van der Waals surface area contributed by atoms with E-state index in [0.29, 0.717) is 52.0 Å². The molecule has 1 rings (SSSR count). The quantitative estimate of drug-likeness (QED) is 0.502. The molecular formula is C18H30O5. The molecule has 0 aliphatic carbocycles. The number of phenols is 1. The summed E-state index contributed by atoms with van der Waals surface area (Å²) in [4.78, 5) is 0. The van der Waals surface area contributed by atoms with Gasteiger partial charge in [-0.25, -0.2) is 0 Å². The lowest BCUT2D eigenvalue weighted by Crippen LogP contribution is -2.12. The van der Waals surface area contributed by atoms with Crippen LogP contribution < -0.4 is 0 Å². The summed E-state index contributed by atoms with van der Waals surface area (Å²) in [6.45, 7) is 7.20. The smallest absolute Gasteiger partial charge is 0.115 e. The van der Waals surface area contributed by atoms with Gasteiger partial charge in [-0.1, -0.05) is 19.1 Å². The molecule has 0 spiro atoms. The van der Waals surface area contributed by atoms with Crippen LogP contribution in [0.1, 0.15) is 25.3 Å². The Bertz CT molecular complexity index is 383. The van der Waals surface area contributed by atoms with E-state index in [1.54, 1.807) is 12.1 Å². The van der Waals surface area contributed by atoms with Gasteiger partial charge >= 0.3 is 0 Å². The average Bonchev–Trinajstić information content (AvgIpc) is 2.55. The van der Waals surface area contributed by atoms with E-state index in [0.717, 1.165) is 31.4 Å². The standard InChI is InChI=1S/C18H30O5/c1-2-8-20-10-12-22-14-15-23-13-11-21-9-4-6-17-5-3-7-18(19)16-17/h3,5,7,16,19H,2,4,6,8-15H2,1H3. The second kappa shape index (κ2) is 14.5. The van der Waals surface area contributed by atoms with Crippen molar-refractivity contribution in [2.45, 2.75) is 26.2 Å². The summed E-state index contributed by atoms with van der Waals surface area (Å²) in [5.74, 6) is 0.316. The zero-order chi connectivity index (χ0) is 16.6. The van der Waals surface area contributed by atoms with Gasteiger partial charge in [-0.3, -0.25) is 0 Å². The van der Waals surface area contributed by atoms with E-state index in [1.807, 2.05) is 12.1 Å². The highest BCUT2D eigenvalue weighted by Crippen LogP contribution is 2.12. The Morgan fingerprint density at radius 3 is 1.91 bits per heavy atom. The van der Waals surface area contributed by atoms with E-state index in [-0.39, 0.29) is 0 Å². The van der Waals surface area contributed by atoms with Crippen molar-refractivity contribution in [2.75, 3.05) is 52.9 Å². The lowest BCUT2D eigenvalue weighted by molar-refractivity contribution is -0.00190. The second-order valence-corrected chi connectivity index (χ2v) is 5.22. The third-order valence-corrected chi connectivity index (χ3v) is 3.13. The minimum Gasteiger partial charge on any atom is -0.508 e. The fourth-order valence-corrected chi connectivity index (χ4v) is 2.00. The minimum atomic E-state index is 0.316. The molecule has 0 saturated heterocycles. The van der Waals surface area contributed by atoms with Crippen LogP contribution in [0.25, 0.3) is 0 Å². The Hall–Kier alpha value is -1.14. The zero-order valence-corrected chi connectivity index (χ0v) is 14.2. The third-order valence-electron chi connectivity index (χ3n) is 3.13. The van der Waals surface area contributed by atoms with E-state index in [9.17, 15) is 5.11 Å². The van der Waals surface area contributed by atoms with Crippen molar-refractivity contribution in [3.05, 3.63) is 29.8 Å². The summed E-state index contributed by atoms with van der Waals surface area (Å²) in [6, 6.07) is 7.34. The van der Waals surface area contributed by atoms with Crippen LogP contribution in [0.2, 0.25) is 0 Å². The van der Waals surface area contributed by atoms with Crippen LogP contribution >= 0.6 is 0 Å². The summed E-state index contributed by atoms with van der Waals surface area (Å²) >= 11 is 0. The van der Waals surface area contributed by atoms with Gasteiger partial charge in [0.25, 0.3) is 0 Å². The number of hydrogen-bond acceptors (Lipinski definition) is 5. The average molecular weight is 326 g/mol. The summed E-state index contributed by atoms with van der Waals surface area (Å²) in [5.41, 5.74) is 1.13. The normalized spacial score (nSPS) is 11.0. The highest BCUT2D eigenvalue weighted by Gasteiger charge is 1.96. The van der Waals surface area contributed by atoms with Crippen LogP contribution in [0.3, 0.4) is 0 Å². The van der Waals surface area contributed by atoms with Crippen molar-refractivity contribution in [2.24, 2.45) is 0 Å². The molecule has 0 aliphatic rings. The molecule has 5 heteroatoms. The number of ether oxygens (including phenoxy) is 4. The van der Waals surface area contributed by atoms with Crippen LogP contribution in [0.15, 0.2) is 24.3 Å². The molecule has 0 bridgehead atoms. The maximum Gasteiger partial charge on any atom is 0.115 e. The fourth-order valence-electron chi connectivity index (χ4n) is 2.00. The first-order valence-corrected chi connectivity index (χ1v) is 8.42. The van der Waals surface area contributed by atoms with E-state index in [4.69, 9.17) is 18.9 Å². The molecule has 132 valence electrons. The zero-order valence-electron chi connectivity index (χ0n) is 14.2. The molecule has 23 heavy (non-hydrogen) atoms. The van der Waals surface area contributed by atoms with Crippen molar-refractivity contribution >= 4 is 0 Å². The lowest BCUT2D eigenvalue weighted by Gasteiger charge is -2.07. The van der Waals surface area contributed by atoms with Gasteiger partial charge in [0.2, 0.25) is 0 Å². The molecule has 0 radical (unpaired) electrons. The molecule has 0 atom stereocenters. The van der Waals surface area contributed by atoms with Gasteiger partial charge in [0.1, 0.15) is 5.75 Å². The van der Waals surface area contributed by atoms with Crippen molar-refractivity contribution in [1.29, 1.82) is 0 Å². The predicted octanol–water partition coefficient (Wildman–Crippen LogP) is 2.80. The number of benzene rings is 1. The Labute approximate surface area is 139 Å². The maximum atomic E-state index is 9.36. The van der Waals surface area contributed by atoms with Gasteiger partial charge in [0.15, 0.2) is 0 Å². The fraction of sp³-hybridized carbons (Fsp3) is 0.667. The molecule has 1 aromatic rings. The molecule has 1 N–H and O–H groups in total. The van der Waals surface area contributed by atoms with Crippen molar-refractivity contribution in [3.8, 4) is 5.75 Å². The van der Waals surface area contributed by atoms with Crippen LogP contribution in [-0.2, 0) is 25.4 Å².